The van der Waals surface area contributed by atoms with Crippen LogP contribution in [0.15, 0.2) is 102 Å². The first-order chi connectivity index (χ1) is 21.7. The maximum absolute atomic E-state index is 13.7. The largest absolute Gasteiger partial charge is 0.493 e. The third-order valence-electron chi connectivity index (χ3n) is 6.75. The molecular weight excluding hydrogens is 610 g/mol. The Morgan fingerprint density at radius 3 is 2.36 bits per heavy atom. The molecule has 1 unspecified atom stereocenters. The van der Waals surface area contributed by atoms with Crippen LogP contribution in [0, 0.1) is 6.92 Å². The summed E-state index contributed by atoms with van der Waals surface area (Å²) in [6, 6.07) is 26.4. The van der Waals surface area contributed by atoms with Gasteiger partial charge in [0.1, 0.15) is 5.70 Å². The molecule has 0 saturated carbocycles. The van der Waals surface area contributed by atoms with Crippen LogP contribution in [0.5, 0.6) is 11.5 Å². The molecule has 10 heteroatoms. The third kappa shape index (κ3) is 8.90. The average Bonchev–Trinajstić information content (AvgIpc) is 3.05. The first kappa shape index (κ1) is 33.2. The number of thioether (sulfide) groups is 1. The Morgan fingerprint density at radius 2 is 1.64 bits per heavy atom. The first-order valence-corrected chi connectivity index (χ1v) is 15.4. The molecule has 1 atom stereocenters. The van der Waals surface area contributed by atoms with Gasteiger partial charge in [-0.3, -0.25) is 14.4 Å². The summed E-state index contributed by atoms with van der Waals surface area (Å²) in [5, 5.41) is 8.74. The van der Waals surface area contributed by atoms with E-state index in [1.54, 1.807) is 78.9 Å². The summed E-state index contributed by atoms with van der Waals surface area (Å²) in [5.74, 6) is -0.259. The van der Waals surface area contributed by atoms with Crippen molar-refractivity contribution in [1.29, 1.82) is 0 Å². The number of methoxy groups -OCH3 is 2. The molecule has 0 fully saturated rings. The second kappa shape index (κ2) is 15.8. The second-order valence-electron chi connectivity index (χ2n) is 9.91. The highest BCUT2D eigenvalue weighted by atomic mass is 35.5. The summed E-state index contributed by atoms with van der Waals surface area (Å²) in [4.78, 5) is 40.7. The van der Waals surface area contributed by atoms with Gasteiger partial charge < -0.3 is 25.4 Å². The Kier molecular flexibility index (Phi) is 11.7. The number of ether oxygens (including phenoxy) is 2. The van der Waals surface area contributed by atoms with E-state index in [9.17, 15) is 14.4 Å². The molecule has 0 aliphatic rings. The van der Waals surface area contributed by atoms with E-state index < -0.39 is 17.1 Å². The van der Waals surface area contributed by atoms with Gasteiger partial charge in [-0.15, -0.1) is 11.8 Å². The number of halogens is 1. The van der Waals surface area contributed by atoms with Crippen LogP contribution in [0.3, 0.4) is 0 Å². The van der Waals surface area contributed by atoms with Gasteiger partial charge in [-0.25, -0.2) is 0 Å². The van der Waals surface area contributed by atoms with Crippen molar-refractivity contribution in [3.05, 3.63) is 118 Å². The van der Waals surface area contributed by atoms with Gasteiger partial charge in [0.25, 0.3) is 11.8 Å². The molecule has 4 aromatic rings. The van der Waals surface area contributed by atoms with Gasteiger partial charge in [-0.05, 0) is 73.5 Å². The van der Waals surface area contributed by atoms with Gasteiger partial charge >= 0.3 is 0 Å². The minimum absolute atomic E-state index is 0.00355. The summed E-state index contributed by atoms with van der Waals surface area (Å²) in [5.41, 5.74) is 2.99. The molecule has 0 aliphatic heterocycles. The number of carbonyl (C=O) groups is 3. The number of hydrogen-bond acceptors (Lipinski definition) is 6. The quantitative estimate of drug-likeness (QED) is 0.109. The highest BCUT2D eigenvalue weighted by molar-refractivity contribution is 8.00. The Hall–Kier alpha value is -4.73. The van der Waals surface area contributed by atoms with Crippen LogP contribution in [-0.2, 0) is 9.59 Å². The number of aryl methyl sites for hydroxylation is 1. The topological polar surface area (TPSA) is 106 Å². The van der Waals surface area contributed by atoms with Crippen molar-refractivity contribution in [3.63, 3.8) is 0 Å². The summed E-state index contributed by atoms with van der Waals surface area (Å²) in [6.07, 6.45) is 2.11. The van der Waals surface area contributed by atoms with Gasteiger partial charge in [0.15, 0.2) is 11.5 Å². The Balaban J connectivity index is 1.56. The molecule has 0 bridgehead atoms. The molecule has 4 aromatic carbocycles. The fraction of sp³-hybridized carbons (Fsp3) is 0.171. The normalized spacial score (nSPS) is 11.7. The number of benzene rings is 4. The Bertz CT molecular complexity index is 1710. The summed E-state index contributed by atoms with van der Waals surface area (Å²) in [6.45, 7) is 3.84. The van der Waals surface area contributed by atoms with Gasteiger partial charge in [0.2, 0.25) is 5.91 Å². The van der Waals surface area contributed by atoms with E-state index in [2.05, 4.69) is 16.0 Å². The molecule has 45 heavy (non-hydrogen) atoms. The molecule has 8 nitrogen and oxygen atoms in total. The smallest absolute Gasteiger partial charge is 0.272 e. The highest BCUT2D eigenvalue weighted by Gasteiger charge is 2.21. The van der Waals surface area contributed by atoms with Crippen LogP contribution in [0.4, 0.5) is 11.4 Å². The van der Waals surface area contributed by atoms with Crippen molar-refractivity contribution in [2.24, 2.45) is 0 Å². The van der Waals surface area contributed by atoms with Crippen molar-refractivity contribution in [2.75, 3.05) is 24.9 Å². The van der Waals surface area contributed by atoms with Gasteiger partial charge in [-0.2, -0.15) is 0 Å². The molecule has 0 aliphatic carbocycles. The number of amides is 3. The minimum atomic E-state index is -0.549. The van der Waals surface area contributed by atoms with E-state index in [1.165, 1.54) is 32.1 Å². The number of carbonyl (C=O) groups excluding carboxylic acids is 3. The van der Waals surface area contributed by atoms with Crippen LogP contribution in [0.25, 0.3) is 6.08 Å². The number of para-hydroxylation sites is 1. The molecule has 4 rings (SSSR count). The second-order valence-corrected chi connectivity index (χ2v) is 11.6. The number of nitrogens with one attached hydrogen (secondary N) is 3. The number of hydrogen-bond donors (Lipinski definition) is 3. The monoisotopic (exact) mass is 643 g/mol. The number of rotatable bonds is 12. The van der Waals surface area contributed by atoms with Crippen LogP contribution in [0.2, 0.25) is 5.02 Å². The van der Waals surface area contributed by atoms with Crippen LogP contribution in [0.1, 0.15) is 34.8 Å². The molecule has 3 N–H and O–H groups in total. The summed E-state index contributed by atoms with van der Waals surface area (Å²) in [7, 11) is 3.02. The third-order valence-corrected chi connectivity index (χ3v) is 8.35. The molecule has 0 radical (unpaired) electrons. The Labute approximate surface area is 272 Å². The van der Waals surface area contributed by atoms with Gasteiger partial charge in [0.05, 0.1) is 19.5 Å². The average molecular weight is 644 g/mol. The zero-order valence-electron chi connectivity index (χ0n) is 25.3. The maximum Gasteiger partial charge on any atom is 0.272 e. The molecule has 0 heterocycles. The summed E-state index contributed by atoms with van der Waals surface area (Å²) < 4.78 is 10.9. The van der Waals surface area contributed by atoms with E-state index in [1.807, 2.05) is 26.0 Å². The van der Waals surface area contributed by atoms with E-state index in [4.69, 9.17) is 21.1 Å². The molecule has 232 valence electrons. The minimum Gasteiger partial charge on any atom is -0.493 e. The van der Waals surface area contributed by atoms with E-state index in [-0.39, 0.29) is 11.6 Å². The van der Waals surface area contributed by atoms with E-state index in [0.717, 1.165) is 10.5 Å². The van der Waals surface area contributed by atoms with Crippen molar-refractivity contribution in [3.8, 4) is 11.5 Å². The zero-order valence-corrected chi connectivity index (χ0v) is 26.9. The van der Waals surface area contributed by atoms with Crippen molar-refractivity contribution >= 4 is 58.5 Å². The van der Waals surface area contributed by atoms with E-state index >= 15 is 0 Å². The highest BCUT2D eigenvalue weighted by Crippen LogP contribution is 2.33. The Morgan fingerprint density at radius 1 is 0.889 bits per heavy atom. The van der Waals surface area contributed by atoms with E-state index in [0.29, 0.717) is 45.4 Å². The molecular formula is C35H34ClN3O5S. The molecule has 0 aromatic heterocycles. The standard InChI is InChI=1S/C35H34ClN3O5S/c1-5-31(35(42)38-28-20-25(36)18-17-22(28)2)45-27-15-10-14-26(21-27)37-34(41)29(39-33(40)23-11-7-6-8-12-23)19-24-13-9-16-30(43-3)32(24)44-4/h6-21,31H,5H2,1-4H3,(H,37,41)(H,38,42)(H,39,40)/b29-19+. The van der Waals surface area contributed by atoms with Crippen LogP contribution < -0.4 is 25.4 Å². The number of anilines is 2. The molecule has 3 amide bonds. The van der Waals surface area contributed by atoms with Crippen LogP contribution in [-0.4, -0.2) is 37.2 Å². The van der Waals surface area contributed by atoms with Crippen molar-refractivity contribution in [1.82, 2.24) is 5.32 Å². The lowest BCUT2D eigenvalue weighted by Gasteiger charge is -2.17. The lowest BCUT2D eigenvalue weighted by atomic mass is 10.1. The fourth-order valence-corrected chi connectivity index (χ4v) is 5.58. The lowest BCUT2D eigenvalue weighted by Crippen LogP contribution is -2.30. The molecule has 0 saturated heterocycles. The van der Waals surface area contributed by atoms with Crippen molar-refractivity contribution in [2.45, 2.75) is 30.4 Å². The van der Waals surface area contributed by atoms with Gasteiger partial charge in [0, 0.05) is 32.4 Å². The van der Waals surface area contributed by atoms with Crippen molar-refractivity contribution < 1.29 is 23.9 Å². The lowest BCUT2D eigenvalue weighted by molar-refractivity contribution is -0.116. The zero-order chi connectivity index (χ0) is 32.3. The summed E-state index contributed by atoms with van der Waals surface area (Å²) >= 11 is 7.51. The van der Waals surface area contributed by atoms with Crippen LogP contribution >= 0.6 is 23.4 Å². The fourth-order valence-electron chi connectivity index (χ4n) is 4.40. The maximum atomic E-state index is 13.7. The predicted molar refractivity (Wildman–Crippen MR) is 181 cm³/mol. The first-order valence-electron chi connectivity index (χ1n) is 14.2. The SMILES string of the molecule is CCC(Sc1cccc(NC(=O)/C(=C\c2cccc(OC)c2OC)NC(=O)c2ccccc2)c1)C(=O)Nc1cc(Cl)ccc1C. The predicted octanol–water partition coefficient (Wildman–Crippen LogP) is 7.58. The van der Waals surface area contributed by atoms with Gasteiger partial charge in [-0.1, -0.05) is 61.0 Å². The molecule has 0 spiro atoms.